The predicted octanol–water partition coefficient (Wildman–Crippen LogP) is 2.11. The Balaban J connectivity index is 0.000000688. The van der Waals surface area contributed by atoms with Crippen molar-refractivity contribution in [2.24, 2.45) is 0 Å². The molecule has 1 rings (SSSR count). The third-order valence-corrected chi connectivity index (χ3v) is 2.41. The molecule has 0 bridgehead atoms. The summed E-state index contributed by atoms with van der Waals surface area (Å²) in [6, 6.07) is 7.47. The number of aryl methyl sites for hydroxylation is 1. The molecule has 126 valence electrons. The van der Waals surface area contributed by atoms with E-state index in [0.717, 1.165) is 11.6 Å². The number of hydrogen-bond donors (Lipinski definition) is 2. The lowest BCUT2D eigenvalue weighted by atomic mass is 10.2. The average Bonchev–Trinajstić information content (AvgIpc) is 2.52. The molecule has 0 fully saturated rings. The lowest BCUT2D eigenvalue weighted by Gasteiger charge is -2.12. The molecule has 0 spiro atoms. The first-order chi connectivity index (χ1) is 10.8. The maximum Gasteiger partial charge on any atom is 0.330 e. The molecule has 6 nitrogen and oxygen atoms in total. The minimum absolute atomic E-state index is 0.0769. The topological polar surface area (TPSA) is 93.1 Å². The minimum atomic E-state index is -0.935. The van der Waals surface area contributed by atoms with Crippen molar-refractivity contribution < 1.29 is 29.3 Å². The highest BCUT2D eigenvalue weighted by molar-refractivity contribution is 5.84. The molecule has 1 aromatic carbocycles. The molecule has 0 aromatic heterocycles. The zero-order valence-electron chi connectivity index (χ0n) is 13.3. The van der Waals surface area contributed by atoms with Crippen LogP contribution in [0.15, 0.2) is 49.1 Å². The zero-order valence-corrected chi connectivity index (χ0v) is 13.3. The molecule has 0 saturated carbocycles. The summed E-state index contributed by atoms with van der Waals surface area (Å²) in [5, 5.41) is 17.4. The van der Waals surface area contributed by atoms with Crippen molar-refractivity contribution >= 4 is 11.9 Å². The van der Waals surface area contributed by atoms with Crippen molar-refractivity contribution in [2.75, 3.05) is 13.2 Å². The number of hydrogen-bond acceptors (Lipinski definition) is 5. The van der Waals surface area contributed by atoms with Crippen LogP contribution in [0, 0.1) is 6.92 Å². The van der Waals surface area contributed by atoms with E-state index in [1.54, 1.807) is 0 Å². The summed E-state index contributed by atoms with van der Waals surface area (Å²) in [5.74, 6) is -0.820. The summed E-state index contributed by atoms with van der Waals surface area (Å²) in [5.41, 5.74) is 1.31. The number of aliphatic carboxylic acids is 1. The van der Waals surface area contributed by atoms with Crippen molar-refractivity contribution in [3.63, 3.8) is 0 Å². The van der Waals surface area contributed by atoms with E-state index in [1.807, 2.05) is 31.2 Å². The average molecular weight is 322 g/mol. The van der Waals surface area contributed by atoms with Crippen LogP contribution in [0.4, 0.5) is 0 Å². The van der Waals surface area contributed by atoms with Gasteiger partial charge in [-0.05, 0) is 26.0 Å². The van der Waals surface area contributed by atoms with Crippen LogP contribution >= 0.6 is 0 Å². The number of benzene rings is 1. The molecule has 1 aromatic rings. The van der Waals surface area contributed by atoms with Gasteiger partial charge in [-0.2, -0.15) is 0 Å². The van der Waals surface area contributed by atoms with Crippen LogP contribution in [0.3, 0.4) is 0 Å². The molecule has 0 aliphatic carbocycles. The van der Waals surface area contributed by atoms with Crippen molar-refractivity contribution in [1.29, 1.82) is 0 Å². The lowest BCUT2D eigenvalue weighted by Crippen LogP contribution is -2.24. The first-order valence-electron chi connectivity index (χ1n) is 6.81. The van der Waals surface area contributed by atoms with E-state index in [2.05, 4.69) is 17.9 Å². The van der Waals surface area contributed by atoms with Crippen LogP contribution in [0.5, 0.6) is 5.75 Å². The maximum atomic E-state index is 10.7. The second-order valence-corrected chi connectivity index (χ2v) is 4.70. The van der Waals surface area contributed by atoms with E-state index in [-0.39, 0.29) is 18.8 Å². The van der Waals surface area contributed by atoms with Gasteiger partial charge in [0.25, 0.3) is 0 Å². The fraction of sp³-hybridized carbons (Fsp3) is 0.294. The molecule has 1 unspecified atom stereocenters. The number of carboxylic acid groups (broad SMARTS) is 1. The van der Waals surface area contributed by atoms with E-state index in [9.17, 15) is 14.7 Å². The summed E-state index contributed by atoms with van der Waals surface area (Å²) in [6.07, 6.45) is 0.202. The van der Waals surface area contributed by atoms with Gasteiger partial charge in [0.1, 0.15) is 25.1 Å². The van der Waals surface area contributed by atoms with Gasteiger partial charge in [0, 0.05) is 11.6 Å². The van der Waals surface area contributed by atoms with Crippen molar-refractivity contribution in [2.45, 2.75) is 20.0 Å². The third-order valence-electron chi connectivity index (χ3n) is 2.41. The summed E-state index contributed by atoms with van der Waals surface area (Å²) in [4.78, 5) is 20.3. The number of esters is 1. The Hall–Kier alpha value is -2.60. The van der Waals surface area contributed by atoms with Gasteiger partial charge < -0.3 is 19.7 Å². The molecule has 0 amide bonds. The lowest BCUT2D eigenvalue weighted by molar-refractivity contribution is -0.141. The number of ether oxygens (including phenoxy) is 2. The Kier molecular flexibility index (Phi) is 9.78. The van der Waals surface area contributed by atoms with Crippen LogP contribution in [0.2, 0.25) is 0 Å². The highest BCUT2D eigenvalue weighted by Crippen LogP contribution is 2.11. The van der Waals surface area contributed by atoms with Crippen LogP contribution in [-0.4, -0.2) is 41.5 Å². The fourth-order valence-electron chi connectivity index (χ4n) is 1.11. The maximum absolute atomic E-state index is 10.7. The van der Waals surface area contributed by atoms with Gasteiger partial charge in [0.15, 0.2) is 0 Å². The summed E-state index contributed by atoms with van der Waals surface area (Å²) >= 11 is 0. The van der Waals surface area contributed by atoms with Gasteiger partial charge in [0.05, 0.1) is 0 Å². The predicted molar refractivity (Wildman–Crippen MR) is 86.3 cm³/mol. The van der Waals surface area contributed by atoms with E-state index in [0.29, 0.717) is 5.75 Å². The number of rotatable bonds is 7. The first kappa shape index (κ1) is 20.4. The highest BCUT2D eigenvalue weighted by Gasteiger charge is 2.07. The van der Waals surface area contributed by atoms with Crippen LogP contribution < -0.4 is 4.74 Å². The van der Waals surface area contributed by atoms with E-state index in [4.69, 9.17) is 9.84 Å². The molecular formula is C17H22O6. The number of aliphatic hydroxyl groups excluding tert-OH is 1. The highest BCUT2D eigenvalue weighted by atomic mass is 16.5. The Morgan fingerprint density at radius 1 is 1.26 bits per heavy atom. The van der Waals surface area contributed by atoms with E-state index in [1.165, 1.54) is 6.92 Å². The van der Waals surface area contributed by atoms with Crippen LogP contribution in [-0.2, 0) is 14.3 Å². The van der Waals surface area contributed by atoms with Crippen LogP contribution in [0.1, 0.15) is 12.5 Å². The fourth-order valence-corrected chi connectivity index (χ4v) is 1.11. The zero-order chi connectivity index (χ0) is 17.8. The Morgan fingerprint density at radius 2 is 1.78 bits per heavy atom. The molecule has 23 heavy (non-hydrogen) atoms. The van der Waals surface area contributed by atoms with Gasteiger partial charge in [-0.15, -0.1) is 0 Å². The van der Waals surface area contributed by atoms with Gasteiger partial charge in [-0.3, -0.25) is 0 Å². The van der Waals surface area contributed by atoms with E-state index >= 15 is 0 Å². The quantitative estimate of drug-likeness (QED) is 0.590. The molecule has 1 atom stereocenters. The number of carboxylic acids is 1. The SMILES string of the molecule is C=C(C)C(=O)O.C=CC(=O)OCC(O)COc1ccc(C)cc1. The number of carbonyl (C=O) groups excluding carboxylic acids is 1. The van der Waals surface area contributed by atoms with E-state index < -0.39 is 18.0 Å². The second-order valence-electron chi connectivity index (χ2n) is 4.70. The molecular weight excluding hydrogens is 300 g/mol. The third kappa shape index (κ3) is 10.7. The number of carbonyl (C=O) groups is 2. The summed E-state index contributed by atoms with van der Waals surface area (Å²) < 4.78 is 10.00. The van der Waals surface area contributed by atoms with Gasteiger partial charge in [-0.25, -0.2) is 9.59 Å². The van der Waals surface area contributed by atoms with Gasteiger partial charge >= 0.3 is 11.9 Å². The molecule has 2 N–H and O–H groups in total. The molecule has 0 aliphatic rings. The largest absolute Gasteiger partial charge is 0.491 e. The second kappa shape index (κ2) is 11.0. The van der Waals surface area contributed by atoms with Gasteiger partial charge in [0.2, 0.25) is 0 Å². The normalized spacial score (nSPS) is 10.6. The number of aliphatic hydroxyl groups is 1. The summed E-state index contributed by atoms with van der Waals surface area (Å²) in [7, 11) is 0. The Bertz CT molecular complexity index is 521. The monoisotopic (exact) mass is 322 g/mol. The molecule has 0 heterocycles. The molecule has 0 saturated heterocycles. The molecule has 0 aliphatic heterocycles. The smallest absolute Gasteiger partial charge is 0.330 e. The first-order valence-corrected chi connectivity index (χ1v) is 6.81. The Morgan fingerprint density at radius 3 is 2.22 bits per heavy atom. The Labute approximate surface area is 135 Å². The standard InChI is InChI=1S/C13H16O4.C4H6O2/c1-3-13(15)17-9-11(14)8-16-12-6-4-10(2)5-7-12;1-3(2)4(5)6/h3-7,11,14H,1,8-9H2,2H3;1H2,2H3,(H,5,6). The van der Waals surface area contributed by atoms with Gasteiger partial charge in [-0.1, -0.05) is 30.9 Å². The van der Waals surface area contributed by atoms with Crippen LogP contribution in [0.25, 0.3) is 0 Å². The molecule has 6 heteroatoms. The van der Waals surface area contributed by atoms with Crippen molar-refractivity contribution in [3.05, 3.63) is 54.6 Å². The van der Waals surface area contributed by atoms with Crippen molar-refractivity contribution in [3.8, 4) is 5.75 Å². The summed E-state index contributed by atoms with van der Waals surface area (Å²) in [6.45, 7) is 9.81. The molecule has 0 radical (unpaired) electrons. The minimum Gasteiger partial charge on any atom is -0.491 e. The van der Waals surface area contributed by atoms with Crippen molar-refractivity contribution in [1.82, 2.24) is 0 Å².